The summed E-state index contributed by atoms with van der Waals surface area (Å²) in [5.41, 5.74) is -0.365. The molecule has 18 heavy (non-hydrogen) atoms. The highest BCUT2D eigenvalue weighted by atomic mass is 32.2. The molecule has 1 aromatic rings. The minimum absolute atomic E-state index is 0.320. The maximum Gasteiger partial charge on any atom is 0.288 e. The highest BCUT2D eigenvalue weighted by Crippen LogP contribution is 2.45. The van der Waals surface area contributed by atoms with E-state index in [-0.39, 0.29) is 5.91 Å². The number of amides is 1. The number of hydrogen-bond acceptors (Lipinski definition) is 3. The Balaban J connectivity index is 1.99. The molecule has 0 heterocycles. The molecule has 0 bridgehead atoms. The van der Waals surface area contributed by atoms with Crippen molar-refractivity contribution in [3.05, 3.63) is 24.3 Å². The second-order valence-electron chi connectivity index (χ2n) is 4.05. The van der Waals surface area contributed by atoms with Crippen LogP contribution in [0.15, 0.2) is 29.2 Å². The van der Waals surface area contributed by atoms with Crippen molar-refractivity contribution in [3.8, 4) is 6.07 Å². The zero-order valence-electron chi connectivity index (χ0n) is 9.32. The molecule has 0 unspecified atom stereocenters. The number of anilines is 1. The summed E-state index contributed by atoms with van der Waals surface area (Å²) >= 11 is 0.450. The quantitative estimate of drug-likeness (QED) is 0.853. The third kappa shape index (κ3) is 2.79. The number of carbonyl (C=O) groups is 1. The van der Waals surface area contributed by atoms with Crippen molar-refractivity contribution in [3.63, 3.8) is 0 Å². The molecule has 0 aliphatic heterocycles. The first-order valence-corrected chi connectivity index (χ1v) is 6.21. The Morgan fingerprint density at radius 1 is 1.39 bits per heavy atom. The second-order valence-corrected chi connectivity index (χ2v) is 5.11. The van der Waals surface area contributed by atoms with Gasteiger partial charge in [0.1, 0.15) is 5.41 Å². The molecular formula is C12H10F2N2OS. The number of alkyl halides is 2. The predicted molar refractivity (Wildman–Crippen MR) is 64.2 cm³/mol. The normalized spacial score (nSPS) is 16.1. The molecule has 94 valence electrons. The summed E-state index contributed by atoms with van der Waals surface area (Å²) in [6.07, 6.45) is 1.16. The lowest BCUT2D eigenvalue weighted by atomic mass is 10.1. The lowest BCUT2D eigenvalue weighted by Gasteiger charge is -2.08. The summed E-state index contributed by atoms with van der Waals surface area (Å²) < 4.78 is 24.2. The van der Waals surface area contributed by atoms with Gasteiger partial charge in [-0.05, 0) is 37.1 Å². The molecule has 0 radical (unpaired) electrons. The number of hydrogen-bond donors (Lipinski definition) is 1. The van der Waals surface area contributed by atoms with Crippen molar-refractivity contribution in [2.75, 3.05) is 5.32 Å². The van der Waals surface area contributed by atoms with Gasteiger partial charge in [-0.3, -0.25) is 4.79 Å². The average Bonchev–Trinajstić information content (AvgIpc) is 3.12. The summed E-state index contributed by atoms with van der Waals surface area (Å²) in [7, 11) is 0. The van der Waals surface area contributed by atoms with Gasteiger partial charge in [0.15, 0.2) is 0 Å². The van der Waals surface area contributed by atoms with E-state index >= 15 is 0 Å². The molecule has 3 nitrogen and oxygen atoms in total. The minimum atomic E-state index is -2.46. The van der Waals surface area contributed by atoms with Crippen molar-refractivity contribution in [1.82, 2.24) is 0 Å². The molecule has 2 rings (SSSR count). The average molecular weight is 268 g/mol. The lowest BCUT2D eigenvalue weighted by Crippen LogP contribution is -2.22. The van der Waals surface area contributed by atoms with Crippen LogP contribution in [0, 0.1) is 16.7 Å². The van der Waals surface area contributed by atoms with E-state index in [0.717, 1.165) is 0 Å². The van der Waals surface area contributed by atoms with Crippen molar-refractivity contribution in [2.24, 2.45) is 5.41 Å². The maximum atomic E-state index is 12.1. The Bertz CT molecular complexity index is 492. The number of thioether (sulfide) groups is 1. The van der Waals surface area contributed by atoms with Crippen LogP contribution in [0.25, 0.3) is 0 Å². The zero-order valence-corrected chi connectivity index (χ0v) is 10.1. The molecule has 0 atom stereocenters. The summed E-state index contributed by atoms with van der Waals surface area (Å²) in [4.78, 5) is 12.2. The summed E-state index contributed by atoms with van der Waals surface area (Å²) in [5, 5.41) is 11.5. The third-order valence-electron chi connectivity index (χ3n) is 2.74. The Labute approximate surface area is 107 Å². The van der Waals surface area contributed by atoms with Crippen LogP contribution in [0.3, 0.4) is 0 Å². The topological polar surface area (TPSA) is 52.9 Å². The lowest BCUT2D eigenvalue weighted by molar-refractivity contribution is -0.119. The predicted octanol–water partition coefficient (Wildman–Crippen LogP) is 3.24. The molecule has 1 aliphatic carbocycles. The first-order chi connectivity index (χ1) is 8.55. The SMILES string of the molecule is N#CC1(C(=O)Nc2ccc(SC(F)F)cc2)CC1. The van der Waals surface area contributed by atoms with Gasteiger partial charge in [0.2, 0.25) is 5.91 Å². The summed E-state index contributed by atoms with van der Waals surface area (Å²) in [5.74, 6) is -2.78. The number of carbonyl (C=O) groups excluding carboxylic acids is 1. The van der Waals surface area contributed by atoms with Gasteiger partial charge in [-0.1, -0.05) is 11.8 Å². The van der Waals surface area contributed by atoms with Gasteiger partial charge in [-0.15, -0.1) is 0 Å². The molecule has 1 fully saturated rings. The Kier molecular flexibility index (Phi) is 3.53. The highest BCUT2D eigenvalue weighted by molar-refractivity contribution is 7.99. The van der Waals surface area contributed by atoms with Gasteiger partial charge in [0.25, 0.3) is 5.76 Å². The van der Waals surface area contributed by atoms with E-state index in [0.29, 0.717) is 35.2 Å². The van der Waals surface area contributed by atoms with Gasteiger partial charge < -0.3 is 5.32 Å². The van der Waals surface area contributed by atoms with Crippen LogP contribution in [-0.2, 0) is 4.79 Å². The third-order valence-corrected chi connectivity index (χ3v) is 3.46. The van der Waals surface area contributed by atoms with E-state index in [1.165, 1.54) is 12.1 Å². The minimum Gasteiger partial charge on any atom is -0.325 e. The maximum absolute atomic E-state index is 12.1. The molecule has 0 saturated heterocycles. The van der Waals surface area contributed by atoms with Gasteiger partial charge in [0, 0.05) is 10.6 Å². The van der Waals surface area contributed by atoms with Crippen LogP contribution in [0.1, 0.15) is 12.8 Å². The number of nitrogens with zero attached hydrogens (tertiary/aromatic N) is 1. The van der Waals surface area contributed by atoms with Crippen LogP contribution in [-0.4, -0.2) is 11.7 Å². The molecule has 1 aliphatic rings. The first-order valence-electron chi connectivity index (χ1n) is 5.33. The number of nitriles is 1. The van der Waals surface area contributed by atoms with Gasteiger partial charge in [-0.2, -0.15) is 14.0 Å². The van der Waals surface area contributed by atoms with Gasteiger partial charge in [0.05, 0.1) is 6.07 Å². The monoisotopic (exact) mass is 268 g/mol. The van der Waals surface area contributed by atoms with Crippen molar-refractivity contribution >= 4 is 23.4 Å². The first kappa shape index (κ1) is 12.8. The van der Waals surface area contributed by atoms with E-state index in [1.807, 2.05) is 6.07 Å². The van der Waals surface area contributed by atoms with E-state index in [4.69, 9.17) is 5.26 Å². The smallest absolute Gasteiger partial charge is 0.288 e. The largest absolute Gasteiger partial charge is 0.325 e. The molecule has 1 amide bonds. The van der Waals surface area contributed by atoms with Crippen LogP contribution >= 0.6 is 11.8 Å². The number of nitrogens with one attached hydrogen (secondary N) is 1. The van der Waals surface area contributed by atoms with Crippen molar-refractivity contribution < 1.29 is 13.6 Å². The molecule has 6 heteroatoms. The summed E-state index contributed by atoms with van der Waals surface area (Å²) in [6.45, 7) is 0. The number of halogens is 2. The Morgan fingerprint density at radius 2 is 2.00 bits per heavy atom. The molecule has 0 spiro atoms. The Morgan fingerprint density at radius 3 is 2.44 bits per heavy atom. The zero-order chi connectivity index (χ0) is 13.2. The summed E-state index contributed by atoms with van der Waals surface area (Å²) in [6, 6.07) is 8.12. The second kappa shape index (κ2) is 4.94. The molecule has 1 aromatic carbocycles. The van der Waals surface area contributed by atoms with Crippen LogP contribution in [0.4, 0.5) is 14.5 Å². The Hall–Kier alpha value is -1.61. The fourth-order valence-corrected chi connectivity index (χ4v) is 1.98. The fourth-order valence-electron chi connectivity index (χ4n) is 1.49. The molecular weight excluding hydrogens is 258 g/mol. The standard InChI is InChI=1S/C12H10F2N2OS/c13-11(14)18-9-3-1-8(2-4-9)16-10(17)12(7-15)5-6-12/h1-4,11H,5-6H2,(H,16,17). The van der Waals surface area contributed by atoms with E-state index in [2.05, 4.69) is 5.32 Å². The van der Waals surface area contributed by atoms with E-state index in [1.54, 1.807) is 12.1 Å². The molecule has 0 aromatic heterocycles. The molecule has 1 saturated carbocycles. The highest BCUT2D eigenvalue weighted by Gasteiger charge is 2.50. The van der Waals surface area contributed by atoms with Crippen LogP contribution in [0.2, 0.25) is 0 Å². The van der Waals surface area contributed by atoms with Gasteiger partial charge >= 0.3 is 0 Å². The number of benzene rings is 1. The van der Waals surface area contributed by atoms with Gasteiger partial charge in [-0.25, -0.2) is 0 Å². The van der Waals surface area contributed by atoms with Crippen LogP contribution in [0.5, 0.6) is 0 Å². The van der Waals surface area contributed by atoms with Crippen molar-refractivity contribution in [2.45, 2.75) is 23.5 Å². The van der Waals surface area contributed by atoms with E-state index in [9.17, 15) is 13.6 Å². The number of rotatable bonds is 4. The van der Waals surface area contributed by atoms with E-state index < -0.39 is 11.2 Å². The van der Waals surface area contributed by atoms with Crippen LogP contribution < -0.4 is 5.32 Å². The molecule has 1 N–H and O–H groups in total. The van der Waals surface area contributed by atoms with Crippen molar-refractivity contribution in [1.29, 1.82) is 5.26 Å². The fraction of sp³-hybridized carbons (Fsp3) is 0.333.